The number of allylic oxidation sites excluding steroid dienone is 1. The van der Waals surface area contributed by atoms with Crippen molar-refractivity contribution in [3.63, 3.8) is 0 Å². The number of rotatable bonds is 12. The summed E-state index contributed by atoms with van der Waals surface area (Å²) < 4.78 is 6.08. The SMILES string of the molecule is CCCCC=CO[C@@H]1CCC[C@@H](C2CCC(CCCCCCC)CC2)C1. The molecule has 2 atom stereocenters. The van der Waals surface area contributed by atoms with Crippen molar-refractivity contribution in [2.45, 2.75) is 129 Å². The fraction of sp³-hybridized carbons (Fsp3) is 0.920. The minimum absolute atomic E-state index is 0.503. The van der Waals surface area contributed by atoms with E-state index in [1.807, 2.05) is 6.26 Å². The number of unbranched alkanes of at least 4 members (excludes halogenated alkanes) is 6. The first-order chi connectivity index (χ1) is 12.8. The van der Waals surface area contributed by atoms with Crippen LogP contribution in [0, 0.1) is 17.8 Å². The molecule has 0 aromatic heterocycles. The first kappa shape index (κ1) is 21.8. The van der Waals surface area contributed by atoms with Crippen LogP contribution in [0.4, 0.5) is 0 Å². The molecular weight excluding hydrogens is 316 g/mol. The summed E-state index contributed by atoms with van der Waals surface area (Å²) in [6.45, 7) is 4.56. The standard InChI is InChI=1S/C25H46O/c1-3-5-7-9-10-13-22-16-18-23(19-17-22)24-14-12-15-25(21-24)26-20-11-8-6-4-2/h11,20,22-25H,3-10,12-19,21H2,1-2H3/t22?,23?,24-,25-/m1/s1. The Labute approximate surface area is 164 Å². The summed E-state index contributed by atoms with van der Waals surface area (Å²) in [6, 6.07) is 0. The van der Waals surface area contributed by atoms with E-state index in [-0.39, 0.29) is 0 Å². The summed E-state index contributed by atoms with van der Waals surface area (Å²) in [7, 11) is 0. The van der Waals surface area contributed by atoms with Crippen LogP contribution >= 0.6 is 0 Å². The molecule has 152 valence electrons. The van der Waals surface area contributed by atoms with E-state index in [2.05, 4.69) is 19.9 Å². The van der Waals surface area contributed by atoms with Crippen molar-refractivity contribution >= 4 is 0 Å². The van der Waals surface area contributed by atoms with E-state index in [4.69, 9.17) is 4.74 Å². The van der Waals surface area contributed by atoms with Gasteiger partial charge in [-0.05, 0) is 75.2 Å². The molecule has 0 bridgehead atoms. The van der Waals surface area contributed by atoms with Gasteiger partial charge < -0.3 is 4.74 Å². The van der Waals surface area contributed by atoms with Crippen molar-refractivity contribution in [1.29, 1.82) is 0 Å². The number of ether oxygens (including phenoxy) is 1. The second kappa shape index (κ2) is 13.7. The van der Waals surface area contributed by atoms with Gasteiger partial charge in [0.05, 0.1) is 12.4 Å². The van der Waals surface area contributed by atoms with Crippen LogP contribution in [0.3, 0.4) is 0 Å². The van der Waals surface area contributed by atoms with Crippen LogP contribution in [0.25, 0.3) is 0 Å². The summed E-state index contributed by atoms with van der Waals surface area (Å²) in [5, 5.41) is 0. The summed E-state index contributed by atoms with van der Waals surface area (Å²) in [6.07, 6.45) is 28.7. The van der Waals surface area contributed by atoms with Crippen LogP contribution in [-0.4, -0.2) is 6.10 Å². The van der Waals surface area contributed by atoms with Gasteiger partial charge in [0.1, 0.15) is 0 Å². The maximum Gasteiger partial charge on any atom is 0.0981 e. The minimum atomic E-state index is 0.503. The summed E-state index contributed by atoms with van der Waals surface area (Å²) >= 11 is 0. The lowest BCUT2D eigenvalue weighted by molar-refractivity contribution is 0.0509. The van der Waals surface area contributed by atoms with Gasteiger partial charge >= 0.3 is 0 Å². The van der Waals surface area contributed by atoms with Gasteiger partial charge in [0.25, 0.3) is 0 Å². The lowest BCUT2D eigenvalue weighted by atomic mass is 9.70. The Kier molecular flexibility index (Phi) is 11.5. The third-order valence-corrected chi connectivity index (χ3v) is 7.03. The van der Waals surface area contributed by atoms with Gasteiger partial charge in [-0.15, -0.1) is 0 Å². The number of hydrogen-bond donors (Lipinski definition) is 0. The summed E-state index contributed by atoms with van der Waals surface area (Å²) in [5.41, 5.74) is 0. The van der Waals surface area contributed by atoms with E-state index in [0.717, 1.165) is 17.8 Å². The van der Waals surface area contributed by atoms with Crippen molar-refractivity contribution in [2.75, 3.05) is 0 Å². The Morgan fingerprint density at radius 2 is 1.54 bits per heavy atom. The molecule has 0 saturated heterocycles. The number of hydrogen-bond acceptors (Lipinski definition) is 1. The molecule has 2 fully saturated rings. The molecule has 0 aromatic carbocycles. The Morgan fingerprint density at radius 3 is 2.31 bits per heavy atom. The highest BCUT2D eigenvalue weighted by atomic mass is 16.5. The maximum absolute atomic E-state index is 6.08. The molecule has 0 N–H and O–H groups in total. The van der Waals surface area contributed by atoms with Crippen LogP contribution in [0.5, 0.6) is 0 Å². The Balaban J connectivity index is 1.60. The second-order valence-corrected chi connectivity index (χ2v) is 9.18. The third kappa shape index (κ3) is 8.49. The fourth-order valence-electron chi connectivity index (χ4n) is 5.27. The lowest BCUT2D eigenvalue weighted by Crippen LogP contribution is -2.29. The summed E-state index contributed by atoms with van der Waals surface area (Å²) in [4.78, 5) is 0. The normalized spacial score (nSPS) is 29.9. The topological polar surface area (TPSA) is 9.23 Å². The smallest absolute Gasteiger partial charge is 0.0981 e. The van der Waals surface area contributed by atoms with Crippen molar-refractivity contribution in [3.05, 3.63) is 12.3 Å². The van der Waals surface area contributed by atoms with Crippen molar-refractivity contribution in [2.24, 2.45) is 17.8 Å². The quantitative estimate of drug-likeness (QED) is 0.250. The molecule has 0 unspecified atom stereocenters. The zero-order chi connectivity index (χ0) is 18.5. The average molecular weight is 363 g/mol. The predicted octanol–water partition coefficient (Wildman–Crippen LogP) is 8.43. The molecular formula is C25H46O. The minimum Gasteiger partial charge on any atom is -0.498 e. The molecule has 2 rings (SSSR count). The largest absolute Gasteiger partial charge is 0.498 e. The molecule has 26 heavy (non-hydrogen) atoms. The zero-order valence-electron chi connectivity index (χ0n) is 17.9. The van der Waals surface area contributed by atoms with Crippen LogP contribution in [0.1, 0.15) is 123 Å². The van der Waals surface area contributed by atoms with Gasteiger partial charge in [-0.1, -0.05) is 71.6 Å². The van der Waals surface area contributed by atoms with E-state index in [9.17, 15) is 0 Å². The molecule has 0 aliphatic heterocycles. The fourth-order valence-corrected chi connectivity index (χ4v) is 5.27. The van der Waals surface area contributed by atoms with E-state index in [1.165, 1.54) is 109 Å². The lowest BCUT2D eigenvalue weighted by Gasteiger charge is -2.38. The van der Waals surface area contributed by atoms with Crippen LogP contribution in [-0.2, 0) is 4.74 Å². The van der Waals surface area contributed by atoms with Gasteiger partial charge in [-0.3, -0.25) is 0 Å². The van der Waals surface area contributed by atoms with Gasteiger partial charge in [-0.2, -0.15) is 0 Å². The van der Waals surface area contributed by atoms with Gasteiger partial charge in [0.15, 0.2) is 0 Å². The van der Waals surface area contributed by atoms with Crippen LogP contribution in [0.2, 0.25) is 0 Å². The van der Waals surface area contributed by atoms with Crippen LogP contribution < -0.4 is 0 Å². The average Bonchev–Trinajstić information content (AvgIpc) is 2.68. The summed E-state index contributed by atoms with van der Waals surface area (Å²) in [5.74, 6) is 3.00. The van der Waals surface area contributed by atoms with Crippen molar-refractivity contribution in [3.8, 4) is 0 Å². The van der Waals surface area contributed by atoms with Gasteiger partial charge in [-0.25, -0.2) is 0 Å². The molecule has 0 spiro atoms. The van der Waals surface area contributed by atoms with Gasteiger partial charge in [0.2, 0.25) is 0 Å². The molecule has 2 aliphatic carbocycles. The molecule has 1 nitrogen and oxygen atoms in total. The van der Waals surface area contributed by atoms with E-state index < -0.39 is 0 Å². The monoisotopic (exact) mass is 362 g/mol. The first-order valence-corrected chi connectivity index (χ1v) is 12.1. The highest BCUT2D eigenvalue weighted by Gasteiger charge is 2.31. The molecule has 2 saturated carbocycles. The molecule has 0 aromatic rings. The Hall–Kier alpha value is -0.460. The molecule has 0 radical (unpaired) electrons. The van der Waals surface area contributed by atoms with Crippen LogP contribution in [0.15, 0.2) is 12.3 Å². The highest BCUT2D eigenvalue weighted by Crippen LogP contribution is 2.41. The molecule has 2 aliphatic rings. The molecule has 1 heteroatoms. The van der Waals surface area contributed by atoms with E-state index >= 15 is 0 Å². The van der Waals surface area contributed by atoms with Crippen molar-refractivity contribution in [1.82, 2.24) is 0 Å². The highest BCUT2D eigenvalue weighted by molar-refractivity contribution is 4.84. The zero-order valence-corrected chi connectivity index (χ0v) is 17.9. The molecule has 0 heterocycles. The van der Waals surface area contributed by atoms with Crippen molar-refractivity contribution < 1.29 is 4.74 Å². The van der Waals surface area contributed by atoms with Gasteiger partial charge in [0, 0.05) is 0 Å². The van der Waals surface area contributed by atoms with E-state index in [1.54, 1.807) is 0 Å². The Bertz CT molecular complexity index is 353. The maximum atomic E-state index is 6.08. The van der Waals surface area contributed by atoms with E-state index in [0.29, 0.717) is 6.10 Å². The third-order valence-electron chi connectivity index (χ3n) is 7.03. The predicted molar refractivity (Wildman–Crippen MR) is 114 cm³/mol. The second-order valence-electron chi connectivity index (χ2n) is 9.18. The first-order valence-electron chi connectivity index (χ1n) is 12.1. The molecule has 0 amide bonds. The Morgan fingerprint density at radius 1 is 0.769 bits per heavy atom.